The van der Waals surface area contributed by atoms with Crippen LogP contribution in [0.2, 0.25) is 0 Å². The summed E-state index contributed by atoms with van der Waals surface area (Å²) in [5, 5.41) is 3.30. The second-order valence-corrected chi connectivity index (χ2v) is 3.88. The van der Waals surface area contributed by atoms with Gasteiger partial charge in [-0.1, -0.05) is 13.0 Å². The van der Waals surface area contributed by atoms with E-state index >= 15 is 0 Å². The van der Waals surface area contributed by atoms with Crippen LogP contribution in [-0.2, 0) is 0 Å². The van der Waals surface area contributed by atoms with Gasteiger partial charge in [-0.3, -0.25) is 9.36 Å². The number of aromatic nitrogens is 1. The largest absolute Gasteiger partial charge is 0.385 e. The van der Waals surface area contributed by atoms with Gasteiger partial charge in [0.25, 0.3) is 5.56 Å². The SMILES string of the molecule is CCCNc1ccc(-n2ccccc2=O)cc1. The summed E-state index contributed by atoms with van der Waals surface area (Å²) < 4.78 is 1.63. The highest BCUT2D eigenvalue weighted by Crippen LogP contribution is 2.11. The maximum absolute atomic E-state index is 11.6. The molecule has 0 aliphatic heterocycles. The average molecular weight is 228 g/mol. The molecule has 0 fully saturated rings. The molecule has 2 rings (SSSR count). The Labute approximate surface area is 101 Å². The van der Waals surface area contributed by atoms with Crippen LogP contribution in [0.15, 0.2) is 53.5 Å². The summed E-state index contributed by atoms with van der Waals surface area (Å²) in [6.07, 6.45) is 2.87. The number of anilines is 1. The molecule has 0 radical (unpaired) electrons. The van der Waals surface area contributed by atoms with E-state index in [1.165, 1.54) is 0 Å². The van der Waals surface area contributed by atoms with Crippen molar-refractivity contribution < 1.29 is 0 Å². The molecule has 0 spiro atoms. The minimum Gasteiger partial charge on any atom is -0.385 e. The van der Waals surface area contributed by atoms with Crippen molar-refractivity contribution in [1.82, 2.24) is 4.57 Å². The van der Waals surface area contributed by atoms with Gasteiger partial charge in [-0.25, -0.2) is 0 Å². The summed E-state index contributed by atoms with van der Waals surface area (Å²) in [6.45, 7) is 3.09. The fourth-order valence-corrected chi connectivity index (χ4v) is 1.65. The zero-order valence-electron chi connectivity index (χ0n) is 9.89. The molecule has 2 aromatic rings. The summed E-state index contributed by atoms with van der Waals surface area (Å²) in [4.78, 5) is 11.6. The van der Waals surface area contributed by atoms with Gasteiger partial charge in [-0.2, -0.15) is 0 Å². The highest BCUT2D eigenvalue weighted by molar-refractivity contribution is 5.48. The number of rotatable bonds is 4. The Morgan fingerprint density at radius 2 is 1.88 bits per heavy atom. The molecule has 0 aliphatic carbocycles. The molecule has 0 amide bonds. The third-order valence-electron chi connectivity index (χ3n) is 2.55. The molecule has 88 valence electrons. The summed E-state index contributed by atoms with van der Waals surface area (Å²) in [7, 11) is 0. The number of pyridine rings is 1. The smallest absolute Gasteiger partial charge is 0.255 e. The molecular weight excluding hydrogens is 212 g/mol. The van der Waals surface area contributed by atoms with Gasteiger partial charge in [0.1, 0.15) is 0 Å². The Morgan fingerprint density at radius 1 is 1.12 bits per heavy atom. The standard InChI is InChI=1S/C14H16N2O/c1-2-10-15-12-6-8-13(9-7-12)16-11-4-3-5-14(16)17/h3-9,11,15H,2,10H2,1H3. The van der Waals surface area contributed by atoms with Gasteiger partial charge >= 0.3 is 0 Å². The zero-order chi connectivity index (χ0) is 12.1. The fraction of sp³-hybridized carbons (Fsp3) is 0.214. The molecule has 0 saturated carbocycles. The molecule has 0 bridgehead atoms. The molecule has 0 aliphatic rings. The van der Waals surface area contributed by atoms with Crippen LogP contribution in [0.4, 0.5) is 5.69 Å². The van der Waals surface area contributed by atoms with Gasteiger partial charge in [-0.05, 0) is 36.8 Å². The minimum absolute atomic E-state index is 0.0123. The first-order valence-electron chi connectivity index (χ1n) is 5.83. The monoisotopic (exact) mass is 228 g/mol. The number of hydrogen-bond donors (Lipinski definition) is 1. The van der Waals surface area contributed by atoms with Crippen molar-refractivity contribution in [3.05, 3.63) is 59.0 Å². The summed E-state index contributed by atoms with van der Waals surface area (Å²) in [5.41, 5.74) is 1.96. The van der Waals surface area contributed by atoms with E-state index in [0.29, 0.717) is 0 Å². The average Bonchev–Trinajstić information content (AvgIpc) is 2.38. The minimum atomic E-state index is -0.0123. The molecule has 1 N–H and O–H groups in total. The Hall–Kier alpha value is -2.03. The molecular formula is C14H16N2O. The lowest BCUT2D eigenvalue weighted by molar-refractivity contribution is 0.974. The Morgan fingerprint density at radius 3 is 2.53 bits per heavy atom. The van der Waals surface area contributed by atoms with E-state index in [0.717, 1.165) is 24.3 Å². The van der Waals surface area contributed by atoms with E-state index in [-0.39, 0.29) is 5.56 Å². The second kappa shape index (κ2) is 5.34. The highest BCUT2D eigenvalue weighted by atomic mass is 16.1. The number of nitrogens with one attached hydrogen (secondary N) is 1. The van der Waals surface area contributed by atoms with Gasteiger partial charge in [0, 0.05) is 30.2 Å². The zero-order valence-corrected chi connectivity index (χ0v) is 9.89. The van der Waals surface area contributed by atoms with Crippen molar-refractivity contribution in [3.63, 3.8) is 0 Å². The number of hydrogen-bond acceptors (Lipinski definition) is 2. The van der Waals surface area contributed by atoms with Gasteiger partial charge in [0.05, 0.1) is 0 Å². The fourth-order valence-electron chi connectivity index (χ4n) is 1.65. The van der Waals surface area contributed by atoms with E-state index in [1.54, 1.807) is 22.9 Å². The lowest BCUT2D eigenvalue weighted by Crippen LogP contribution is -2.15. The van der Waals surface area contributed by atoms with Gasteiger partial charge in [0.15, 0.2) is 0 Å². The topological polar surface area (TPSA) is 34.0 Å². The quantitative estimate of drug-likeness (QED) is 0.873. The predicted molar refractivity (Wildman–Crippen MR) is 70.8 cm³/mol. The Kier molecular flexibility index (Phi) is 3.60. The van der Waals surface area contributed by atoms with Gasteiger partial charge in [-0.15, -0.1) is 0 Å². The van der Waals surface area contributed by atoms with Crippen molar-refractivity contribution in [3.8, 4) is 5.69 Å². The molecule has 0 unspecified atom stereocenters. The van der Waals surface area contributed by atoms with Crippen LogP contribution in [0.1, 0.15) is 13.3 Å². The van der Waals surface area contributed by atoms with Crippen LogP contribution < -0.4 is 10.9 Å². The molecule has 0 atom stereocenters. The van der Waals surface area contributed by atoms with Crippen molar-refractivity contribution in [2.24, 2.45) is 0 Å². The molecule has 0 saturated heterocycles. The van der Waals surface area contributed by atoms with Crippen LogP contribution in [0.3, 0.4) is 0 Å². The van der Waals surface area contributed by atoms with Crippen molar-refractivity contribution in [1.29, 1.82) is 0 Å². The summed E-state index contributed by atoms with van der Waals surface area (Å²) >= 11 is 0. The Balaban J connectivity index is 2.24. The van der Waals surface area contributed by atoms with Gasteiger partial charge in [0.2, 0.25) is 0 Å². The third-order valence-corrected chi connectivity index (χ3v) is 2.55. The van der Waals surface area contributed by atoms with E-state index < -0.39 is 0 Å². The number of benzene rings is 1. The molecule has 17 heavy (non-hydrogen) atoms. The molecule has 3 nitrogen and oxygen atoms in total. The van der Waals surface area contributed by atoms with Crippen molar-refractivity contribution >= 4 is 5.69 Å². The van der Waals surface area contributed by atoms with E-state index in [2.05, 4.69) is 12.2 Å². The summed E-state index contributed by atoms with van der Waals surface area (Å²) in [5.74, 6) is 0. The molecule has 3 heteroatoms. The number of nitrogens with zero attached hydrogens (tertiary/aromatic N) is 1. The predicted octanol–water partition coefficient (Wildman–Crippen LogP) is 2.66. The van der Waals surface area contributed by atoms with Gasteiger partial charge < -0.3 is 5.32 Å². The Bertz CT molecular complexity index is 528. The lowest BCUT2D eigenvalue weighted by atomic mass is 10.2. The first kappa shape index (κ1) is 11.5. The maximum atomic E-state index is 11.6. The molecule has 1 aromatic carbocycles. The van der Waals surface area contributed by atoms with Crippen LogP contribution in [-0.4, -0.2) is 11.1 Å². The highest BCUT2D eigenvalue weighted by Gasteiger charge is 1.97. The van der Waals surface area contributed by atoms with E-state index in [4.69, 9.17) is 0 Å². The third kappa shape index (κ3) is 2.75. The van der Waals surface area contributed by atoms with Crippen LogP contribution in [0.25, 0.3) is 5.69 Å². The maximum Gasteiger partial charge on any atom is 0.255 e. The van der Waals surface area contributed by atoms with Crippen molar-refractivity contribution in [2.45, 2.75) is 13.3 Å². The second-order valence-electron chi connectivity index (χ2n) is 3.88. The van der Waals surface area contributed by atoms with Crippen LogP contribution >= 0.6 is 0 Å². The van der Waals surface area contributed by atoms with E-state index in [1.807, 2.05) is 30.3 Å². The van der Waals surface area contributed by atoms with Crippen LogP contribution in [0, 0.1) is 0 Å². The molecule has 1 heterocycles. The summed E-state index contributed by atoms with van der Waals surface area (Å²) in [6, 6.07) is 13.0. The van der Waals surface area contributed by atoms with Crippen LogP contribution in [0.5, 0.6) is 0 Å². The first-order chi connectivity index (χ1) is 8.31. The van der Waals surface area contributed by atoms with E-state index in [9.17, 15) is 4.79 Å². The van der Waals surface area contributed by atoms with Crippen molar-refractivity contribution in [2.75, 3.05) is 11.9 Å². The first-order valence-corrected chi connectivity index (χ1v) is 5.83. The lowest BCUT2D eigenvalue weighted by Gasteiger charge is -2.07. The molecule has 1 aromatic heterocycles. The normalized spacial score (nSPS) is 10.2.